The molecule has 1 atom stereocenters. The van der Waals surface area contributed by atoms with Crippen LogP contribution in [-0.4, -0.2) is 36.4 Å². The Bertz CT molecular complexity index is 869. The van der Waals surface area contributed by atoms with Gasteiger partial charge in [0.05, 0.1) is 12.8 Å². The van der Waals surface area contributed by atoms with E-state index in [0.717, 1.165) is 10.2 Å². The lowest BCUT2D eigenvalue weighted by molar-refractivity contribution is -0.121. The summed E-state index contributed by atoms with van der Waals surface area (Å²) in [4.78, 5) is 30.6. The maximum atomic E-state index is 12.8. The van der Waals surface area contributed by atoms with Crippen molar-refractivity contribution < 1.29 is 14.3 Å². The molecule has 1 N–H and O–H groups in total. The number of amidine groups is 1. The number of rotatable bonds is 4. The minimum Gasteiger partial charge on any atom is -0.497 e. The maximum Gasteiger partial charge on any atom is 0.247 e. The Hall–Kier alpha value is -2.32. The molecule has 1 fully saturated rings. The highest BCUT2D eigenvalue weighted by Crippen LogP contribution is 2.31. The molecule has 0 saturated carbocycles. The summed E-state index contributed by atoms with van der Waals surface area (Å²) in [7, 11) is 3.22. The first kappa shape index (κ1) is 19.4. The number of anilines is 2. The standard InChI is InChI=1S/C19H18BrN3O3S/c1-21-19(22-13-5-3-12(20)4-6-13)27-16-11-17(24)23(18(16)25)14-7-9-15(26-2)10-8-14/h3-10,16H,11H2,1-2H3,(H,21,22)/t16-/m1/s1. The summed E-state index contributed by atoms with van der Waals surface area (Å²) < 4.78 is 6.09. The zero-order valence-electron chi connectivity index (χ0n) is 14.8. The van der Waals surface area contributed by atoms with E-state index in [1.54, 1.807) is 38.4 Å². The number of hydrogen-bond acceptors (Lipinski definition) is 5. The molecule has 2 amide bonds. The van der Waals surface area contributed by atoms with Crippen molar-refractivity contribution in [1.82, 2.24) is 0 Å². The molecule has 1 heterocycles. The van der Waals surface area contributed by atoms with Crippen molar-refractivity contribution >= 4 is 56.0 Å². The van der Waals surface area contributed by atoms with Crippen molar-refractivity contribution in [3.63, 3.8) is 0 Å². The number of amides is 2. The molecule has 27 heavy (non-hydrogen) atoms. The minimum atomic E-state index is -0.513. The summed E-state index contributed by atoms with van der Waals surface area (Å²) >= 11 is 4.65. The fraction of sp³-hybridized carbons (Fsp3) is 0.211. The number of nitrogens with one attached hydrogen (secondary N) is 1. The van der Waals surface area contributed by atoms with Crippen LogP contribution < -0.4 is 15.0 Å². The highest BCUT2D eigenvalue weighted by molar-refractivity contribution is 9.10. The van der Waals surface area contributed by atoms with E-state index in [1.807, 2.05) is 24.3 Å². The molecule has 6 nitrogen and oxygen atoms in total. The molecular weight excluding hydrogens is 430 g/mol. The van der Waals surface area contributed by atoms with Crippen LogP contribution in [0.1, 0.15) is 6.42 Å². The Kier molecular flexibility index (Phi) is 6.18. The number of aliphatic imine (C=N–C) groups is 1. The Morgan fingerprint density at radius 3 is 2.44 bits per heavy atom. The second-order valence-electron chi connectivity index (χ2n) is 5.74. The first-order valence-electron chi connectivity index (χ1n) is 8.18. The van der Waals surface area contributed by atoms with Crippen molar-refractivity contribution in [3.05, 3.63) is 53.0 Å². The Labute approximate surface area is 170 Å². The molecule has 3 rings (SSSR count). The van der Waals surface area contributed by atoms with Crippen molar-refractivity contribution in [2.45, 2.75) is 11.7 Å². The van der Waals surface area contributed by atoms with Crippen molar-refractivity contribution in [2.75, 3.05) is 24.4 Å². The van der Waals surface area contributed by atoms with Gasteiger partial charge < -0.3 is 10.1 Å². The molecule has 0 aromatic heterocycles. The number of carbonyl (C=O) groups is 2. The lowest BCUT2D eigenvalue weighted by Gasteiger charge is -2.16. The molecule has 0 bridgehead atoms. The third kappa shape index (κ3) is 4.51. The number of imide groups is 1. The third-order valence-electron chi connectivity index (χ3n) is 3.99. The number of nitrogens with zero attached hydrogens (tertiary/aromatic N) is 2. The van der Waals surface area contributed by atoms with Gasteiger partial charge in [-0.15, -0.1) is 0 Å². The molecule has 2 aromatic rings. The number of methoxy groups -OCH3 is 1. The van der Waals surface area contributed by atoms with E-state index >= 15 is 0 Å². The van der Waals surface area contributed by atoms with Gasteiger partial charge in [-0.25, -0.2) is 4.90 Å². The molecule has 0 spiro atoms. The number of thioether (sulfide) groups is 1. The molecule has 1 saturated heterocycles. The van der Waals surface area contributed by atoms with Crippen LogP contribution in [0.4, 0.5) is 11.4 Å². The number of ether oxygens (including phenoxy) is 1. The average molecular weight is 448 g/mol. The van der Waals surface area contributed by atoms with Gasteiger partial charge in [0.25, 0.3) is 0 Å². The molecule has 8 heteroatoms. The largest absolute Gasteiger partial charge is 0.497 e. The summed E-state index contributed by atoms with van der Waals surface area (Å²) in [5, 5.41) is 3.25. The number of benzene rings is 2. The zero-order valence-corrected chi connectivity index (χ0v) is 17.2. The zero-order chi connectivity index (χ0) is 19.4. The molecule has 0 radical (unpaired) electrons. The molecule has 140 valence electrons. The van der Waals surface area contributed by atoms with Crippen molar-refractivity contribution in [3.8, 4) is 5.75 Å². The molecular formula is C19H18BrN3O3S. The molecule has 2 aromatic carbocycles. The number of hydrogen-bond donors (Lipinski definition) is 1. The monoisotopic (exact) mass is 447 g/mol. The molecule has 1 aliphatic rings. The Balaban J connectivity index is 1.70. The predicted octanol–water partition coefficient (Wildman–Crippen LogP) is 3.92. The summed E-state index contributed by atoms with van der Waals surface area (Å²) in [6.45, 7) is 0. The van der Waals surface area contributed by atoms with Crippen LogP contribution in [0.3, 0.4) is 0 Å². The highest BCUT2D eigenvalue weighted by Gasteiger charge is 2.40. The minimum absolute atomic E-state index is 0.135. The lowest BCUT2D eigenvalue weighted by atomic mass is 10.3. The third-order valence-corrected chi connectivity index (χ3v) is 5.68. The first-order chi connectivity index (χ1) is 13.0. The van der Waals surface area contributed by atoms with Crippen LogP contribution in [0.2, 0.25) is 0 Å². The molecule has 1 aliphatic heterocycles. The fourth-order valence-electron chi connectivity index (χ4n) is 2.63. The normalized spacial score (nSPS) is 17.4. The number of halogens is 1. The lowest BCUT2D eigenvalue weighted by Crippen LogP contribution is -2.31. The maximum absolute atomic E-state index is 12.8. The van der Waals surface area contributed by atoms with Gasteiger partial charge in [0.15, 0.2) is 5.17 Å². The summed E-state index contributed by atoms with van der Waals surface area (Å²) in [6.07, 6.45) is 0.135. The van der Waals surface area contributed by atoms with Crippen LogP contribution in [0.5, 0.6) is 5.75 Å². The van der Waals surface area contributed by atoms with E-state index in [0.29, 0.717) is 16.6 Å². The average Bonchev–Trinajstić information content (AvgIpc) is 2.96. The van der Waals surface area contributed by atoms with Gasteiger partial charge in [-0.3, -0.25) is 14.6 Å². The molecule has 0 aliphatic carbocycles. The van der Waals surface area contributed by atoms with Gasteiger partial charge in [-0.1, -0.05) is 27.7 Å². The van der Waals surface area contributed by atoms with Gasteiger partial charge in [-0.2, -0.15) is 0 Å². The van der Waals surface area contributed by atoms with Gasteiger partial charge >= 0.3 is 0 Å². The van der Waals surface area contributed by atoms with Crippen molar-refractivity contribution in [2.24, 2.45) is 4.99 Å². The fourth-order valence-corrected chi connectivity index (χ4v) is 3.88. The summed E-state index contributed by atoms with van der Waals surface area (Å²) in [5.74, 6) is 0.207. The van der Waals surface area contributed by atoms with Crippen LogP contribution in [-0.2, 0) is 9.59 Å². The van der Waals surface area contributed by atoms with E-state index in [2.05, 4.69) is 26.2 Å². The van der Waals surface area contributed by atoms with Gasteiger partial charge in [0.2, 0.25) is 11.8 Å². The van der Waals surface area contributed by atoms with E-state index < -0.39 is 5.25 Å². The van der Waals surface area contributed by atoms with E-state index in [-0.39, 0.29) is 18.2 Å². The van der Waals surface area contributed by atoms with Gasteiger partial charge in [0, 0.05) is 23.6 Å². The number of carbonyl (C=O) groups excluding carboxylic acids is 2. The topological polar surface area (TPSA) is 71.0 Å². The highest BCUT2D eigenvalue weighted by atomic mass is 79.9. The van der Waals surface area contributed by atoms with E-state index in [1.165, 1.54) is 16.7 Å². The van der Waals surface area contributed by atoms with Crippen molar-refractivity contribution in [1.29, 1.82) is 0 Å². The summed E-state index contributed by atoms with van der Waals surface area (Å²) in [5.41, 5.74) is 1.40. The van der Waals surface area contributed by atoms with Gasteiger partial charge in [0.1, 0.15) is 11.0 Å². The predicted molar refractivity (Wildman–Crippen MR) is 113 cm³/mol. The van der Waals surface area contributed by atoms with Crippen LogP contribution in [0.15, 0.2) is 58.0 Å². The quantitative estimate of drug-likeness (QED) is 0.436. The Morgan fingerprint density at radius 1 is 1.19 bits per heavy atom. The van der Waals surface area contributed by atoms with E-state index in [4.69, 9.17) is 4.74 Å². The van der Waals surface area contributed by atoms with E-state index in [9.17, 15) is 9.59 Å². The van der Waals surface area contributed by atoms with Gasteiger partial charge in [-0.05, 0) is 48.5 Å². The van der Waals surface area contributed by atoms with Crippen LogP contribution in [0.25, 0.3) is 0 Å². The Morgan fingerprint density at radius 2 is 1.85 bits per heavy atom. The second kappa shape index (κ2) is 8.58. The second-order valence-corrected chi connectivity index (χ2v) is 7.84. The smallest absolute Gasteiger partial charge is 0.247 e. The first-order valence-corrected chi connectivity index (χ1v) is 9.86. The summed E-state index contributed by atoms with van der Waals surface area (Å²) in [6, 6.07) is 14.5. The van der Waals surface area contributed by atoms with Crippen LogP contribution in [0, 0.1) is 0 Å². The van der Waals surface area contributed by atoms with Crippen LogP contribution >= 0.6 is 27.7 Å². The SMILES string of the molecule is CN=C(Nc1ccc(Br)cc1)S[C@@H]1CC(=O)N(c2ccc(OC)cc2)C1=O. The molecule has 0 unspecified atom stereocenters.